The van der Waals surface area contributed by atoms with Crippen molar-refractivity contribution in [3.63, 3.8) is 0 Å². The van der Waals surface area contributed by atoms with Crippen LogP contribution in [0.2, 0.25) is 0 Å². The average Bonchev–Trinajstić information content (AvgIpc) is 3.05. The van der Waals surface area contributed by atoms with Gasteiger partial charge in [0.2, 0.25) is 5.91 Å². The number of likely N-dealkylation sites (tertiary alicyclic amines) is 2. The molecule has 2 aliphatic rings. The van der Waals surface area contributed by atoms with E-state index in [1.54, 1.807) is 0 Å². The predicted molar refractivity (Wildman–Crippen MR) is 104 cm³/mol. The molecule has 1 unspecified atom stereocenters. The highest BCUT2D eigenvalue weighted by Crippen LogP contribution is 2.22. The number of aromatic nitrogens is 2. The van der Waals surface area contributed by atoms with Crippen LogP contribution in [0.25, 0.3) is 0 Å². The van der Waals surface area contributed by atoms with Crippen LogP contribution >= 0.6 is 0 Å². The summed E-state index contributed by atoms with van der Waals surface area (Å²) in [6, 6.07) is 0.652. The van der Waals surface area contributed by atoms with Gasteiger partial charge in [0.1, 0.15) is 5.82 Å². The smallest absolute Gasteiger partial charge is 0.225 e. The number of amides is 1. The minimum atomic E-state index is 0.196. The second kappa shape index (κ2) is 9.00. The average molecular weight is 362 g/mol. The second-order valence-electron chi connectivity index (χ2n) is 8.18. The van der Waals surface area contributed by atoms with Gasteiger partial charge in [-0.1, -0.05) is 6.42 Å². The highest BCUT2D eigenvalue weighted by molar-refractivity contribution is 5.78. The first kappa shape index (κ1) is 19.4. The normalized spacial score (nSPS) is 23.3. The van der Waals surface area contributed by atoms with E-state index in [9.17, 15) is 4.79 Å². The van der Waals surface area contributed by atoms with Crippen LogP contribution in [0.1, 0.15) is 44.3 Å². The number of piperidine rings is 2. The maximum Gasteiger partial charge on any atom is 0.225 e. The van der Waals surface area contributed by atoms with Crippen molar-refractivity contribution in [3.05, 3.63) is 18.2 Å². The van der Waals surface area contributed by atoms with Crippen molar-refractivity contribution in [3.8, 4) is 0 Å². The molecule has 0 bridgehead atoms. The van der Waals surface area contributed by atoms with Gasteiger partial charge in [-0.15, -0.1) is 0 Å². The molecule has 146 valence electrons. The lowest BCUT2D eigenvalue weighted by molar-refractivity contribution is -0.136. The number of carbonyl (C=O) groups is 1. The summed E-state index contributed by atoms with van der Waals surface area (Å²) in [4.78, 5) is 24.1. The molecule has 3 heterocycles. The number of carbonyl (C=O) groups excluding carboxylic acids is 1. The quantitative estimate of drug-likeness (QED) is 0.777. The fourth-order valence-electron chi connectivity index (χ4n) is 4.36. The summed E-state index contributed by atoms with van der Waals surface area (Å²) in [5.74, 6) is 1.64. The molecule has 0 spiro atoms. The molecule has 1 aromatic heterocycles. The van der Waals surface area contributed by atoms with Crippen molar-refractivity contribution < 1.29 is 4.79 Å². The molecule has 0 N–H and O–H groups in total. The van der Waals surface area contributed by atoms with Gasteiger partial charge >= 0.3 is 0 Å². The zero-order chi connectivity index (χ0) is 18.5. The third-order valence-electron chi connectivity index (χ3n) is 6.32. The first-order valence-corrected chi connectivity index (χ1v) is 10.2. The summed E-state index contributed by atoms with van der Waals surface area (Å²) in [7, 11) is 6.26. The van der Waals surface area contributed by atoms with Crippen LogP contribution in [-0.4, -0.2) is 76.5 Å². The Kier molecular flexibility index (Phi) is 6.70. The van der Waals surface area contributed by atoms with Crippen LogP contribution in [0.15, 0.2) is 12.4 Å². The number of rotatable bonds is 6. The molecule has 3 rings (SSSR count). The van der Waals surface area contributed by atoms with E-state index >= 15 is 0 Å². The molecule has 26 heavy (non-hydrogen) atoms. The molecule has 2 fully saturated rings. The fraction of sp³-hybridized carbons (Fsp3) is 0.800. The van der Waals surface area contributed by atoms with Crippen LogP contribution in [0.4, 0.5) is 0 Å². The van der Waals surface area contributed by atoms with Crippen LogP contribution in [0.5, 0.6) is 0 Å². The SMILES string of the molecule is CN(CCC1CCCCN1C)C(=O)C1CCN(Cc2nccn2C)CC1. The van der Waals surface area contributed by atoms with E-state index < -0.39 is 0 Å². The van der Waals surface area contributed by atoms with Crippen LogP contribution in [0, 0.1) is 5.92 Å². The minimum Gasteiger partial charge on any atom is -0.345 e. The number of imidazole rings is 1. The standard InChI is InChI=1S/C20H35N5O/c1-22-11-5-4-6-18(22)9-12-24(3)20(26)17-7-13-25(14-8-17)16-19-21-10-15-23(19)2/h10,15,17-18H,4-9,11-14,16H2,1-3H3. The van der Waals surface area contributed by atoms with E-state index in [0.717, 1.165) is 51.3 Å². The molecule has 6 heteroatoms. The number of hydrogen-bond acceptors (Lipinski definition) is 4. The maximum atomic E-state index is 12.8. The molecular weight excluding hydrogens is 326 g/mol. The lowest BCUT2D eigenvalue weighted by atomic mass is 9.95. The van der Waals surface area contributed by atoms with Gasteiger partial charge in [0.15, 0.2) is 0 Å². The topological polar surface area (TPSA) is 44.6 Å². The van der Waals surface area contributed by atoms with Crippen molar-refractivity contribution in [1.82, 2.24) is 24.3 Å². The molecule has 0 saturated carbocycles. The highest BCUT2D eigenvalue weighted by Gasteiger charge is 2.28. The van der Waals surface area contributed by atoms with Gasteiger partial charge < -0.3 is 14.4 Å². The molecule has 0 radical (unpaired) electrons. The monoisotopic (exact) mass is 361 g/mol. The summed E-state index contributed by atoms with van der Waals surface area (Å²) in [5, 5.41) is 0. The third kappa shape index (κ3) is 4.86. The minimum absolute atomic E-state index is 0.196. The van der Waals surface area contributed by atoms with Crippen LogP contribution in [-0.2, 0) is 18.4 Å². The van der Waals surface area contributed by atoms with Gasteiger partial charge in [0.25, 0.3) is 0 Å². The second-order valence-corrected chi connectivity index (χ2v) is 8.18. The first-order valence-electron chi connectivity index (χ1n) is 10.2. The van der Waals surface area contributed by atoms with E-state index in [1.165, 1.54) is 25.8 Å². The third-order valence-corrected chi connectivity index (χ3v) is 6.32. The molecular formula is C20H35N5O. The van der Waals surface area contributed by atoms with Gasteiger partial charge in [-0.05, 0) is 58.8 Å². The molecule has 2 saturated heterocycles. The summed E-state index contributed by atoms with van der Waals surface area (Å²) < 4.78 is 2.08. The zero-order valence-corrected chi connectivity index (χ0v) is 16.7. The number of hydrogen-bond donors (Lipinski definition) is 0. The first-order chi connectivity index (χ1) is 12.5. The van der Waals surface area contributed by atoms with E-state index in [2.05, 4.69) is 26.4 Å². The summed E-state index contributed by atoms with van der Waals surface area (Å²) >= 11 is 0. The van der Waals surface area contributed by atoms with Crippen molar-refractivity contribution in [1.29, 1.82) is 0 Å². The Morgan fingerprint density at radius 2 is 1.96 bits per heavy atom. The van der Waals surface area contributed by atoms with E-state index in [4.69, 9.17) is 0 Å². The molecule has 0 aromatic carbocycles. The van der Waals surface area contributed by atoms with E-state index in [-0.39, 0.29) is 5.92 Å². The Bertz CT molecular complexity index is 579. The van der Waals surface area contributed by atoms with Gasteiger partial charge in [-0.25, -0.2) is 4.98 Å². The van der Waals surface area contributed by atoms with Crippen molar-refractivity contribution >= 4 is 5.91 Å². The van der Waals surface area contributed by atoms with Crippen molar-refractivity contribution in [2.45, 2.75) is 51.1 Å². The Morgan fingerprint density at radius 1 is 1.19 bits per heavy atom. The van der Waals surface area contributed by atoms with Crippen molar-refractivity contribution in [2.75, 3.05) is 40.3 Å². The van der Waals surface area contributed by atoms with E-state index in [1.807, 2.05) is 31.4 Å². The van der Waals surface area contributed by atoms with Gasteiger partial charge in [-0.3, -0.25) is 9.69 Å². The Balaban J connectivity index is 1.40. The molecule has 1 amide bonds. The maximum absolute atomic E-state index is 12.8. The van der Waals surface area contributed by atoms with Gasteiger partial charge in [0.05, 0.1) is 6.54 Å². The lowest BCUT2D eigenvalue weighted by Gasteiger charge is -2.35. The zero-order valence-electron chi connectivity index (χ0n) is 16.7. The Labute approximate surface area is 158 Å². The summed E-state index contributed by atoms with van der Waals surface area (Å²) in [6.07, 6.45) is 10.8. The summed E-state index contributed by atoms with van der Waals surface area (Å²) in [5.41, 5.74) is 0. The van der Waals surface area contributed by atoms with Gasteiger partial charge in [0, 0.05) is 45.0 Å². The fourth-order valence-corrected chi connectivity index (χ4v) is 4.36. The number of aryl methyl sites for hydroxylation is 1. The molecule has 1 aromatic rings. The summed E-state index contributed by atoms with van der Waals surface area (Å²) in [6.45, 7) is 4.96. The molecule has 6 nitrogen and oxygen atoms in total. The Morgan fingerprint density at radius 3 is 2.62 bits per heavy atom. The lowest BCUT2D eigenvalue weighted by Crippen LogP contribution is -2.43. The molecule has 0 aliphatic carbocycles. The van der Waals surface area contributed by atoms with Gasteiger partial charge in [-0.2, -0.15) is 0 Å². The molecule has 2 aliphatic heterocycles. The highest BCUT2D eigenvalue weighted by atomic mass is 16.2. The van der Waals surface area contributed by atoms with Crippen LogP contribution < -0.4 is 0 Å². The Hall–Kier alpha value is -1.40. The molecule has 1 atom stereocenters. The predicted octanol–water partition coefficient (Wildman–Crippen LogP) is 1.96. The largest absolute Gasteiger partial charge is 0.345 e. The number of nitrogens with zero attached hydrogens (tertiary/aromatic N) is 5. The van der Waals surface area contributed by atoms with Crippen LogP contribution in [0.3, 0.4) is 0 Å². The van der Waals surface area contributed by atoms with Crippen molar-refractivity contribution in [2.24, 2.45) is 13.0 Å². The van der Waals surface area contributed by atoms with E-state index in [0.29, 0.717) is 11.9 Å².